The van der Waals surface area contributed by atoms with Crippen molar-refractivity contribution in [3.63, 3.8) is 0 Å². The molecule has 0 spiro atoms. The molecule has 148 valence electrons. The Balaban J connectivity index is 1.73. The minimum absolute atomic E-state index is 0.0747. The zero-order valence-electron chi connectivity index (χ0n) is 15.7. The number of carbonyl (C=O) groups is 2. The van der Waals surface area contributed by atoms with Crippen molar-refractivity contribution in [2.75, 3.05) is 31.2 Å². The van der Waals surface area contributed by atoms with Crippen LogP contribution in [0.2, 0.25) is 5.02 Å². The number of aromatic nitrogens is 2. The summed E-state index contributed by atoms with van der Waals surface area (Å²) in [5.74, 6) is 0.545. The zero-order valence-corrected chi connectivity index (χ0v) is 16.5. The molecule has 2 aromatic rings. The SMILES string of the molecule is COc1ccc(Cl)cc1C(=O)c1cnc(NC2CCN(C(C)=O)CC2)nc1N. The molecular weight excluding hydrogens is 382 g/mol. The summed E-state index contributed by atoms with van der Waals surface area (Å²) < 4.78 is 5.23. The van der Waals surface area contributed by atoms with E-state index in [0.717, 1.165) is 12.8 Å². The Morgan fingerprint density at radius 1 is 1.29 bits per heavy atom. The standard InChI is InChI=1S/C19H22ClN5O3/c1-11(26)25-7-5-13(6-8-25)23-19-22-10-15(18(21)24-19)17(27)14-9-12(20)3-4-16(14)28-2/h3-4,9-10,13H,5-8H2,1-2H3,(H3,21,22,23,24). The van der Waals surface area contributed by atoms with Gasteiger partial charge in [0.1, 0.15) is 11.6 Å². The van der Waals surface area contributed by atoms with Gasteiger partial charge < -0.3 is 20.7 Å². The van der Waals surface area contributed by atoms with Crippen LogP contribution in [-0.4, -0.2) is 52.8 Å². The lowest BCUT2D eigenvalue weighted by Crippen LogP contribution is -2.41. The molecule has 9 heteroatoms. The fourth-order valence-corrected chi connectivity index (χ4v) is 3.34. The van der Waals surface area contributed by atoms with Crippen molar-refractivity contribution in [3.8, 4) is 5.75 Å². The van der Waals surface area contributed by atoms with Gasteiger partial charge in [-0.15, -0.1) is 0 Å². The van der Waals surface area contributed by atoms with Crippen LogP contribution in [0.1, 0.15) is 35.7 Å². The second-order valence-electron chi connectivity index (χ2n) is 6.59. The van der Waals surface area contributed by atoms with E-state index >= 15 is 0 Å². The predicted octanol–water partition coefficient (Wildman–Crippen LogP) is 2.37. The molecule has 0 atom stereocenters. The topological polar surface area (TPSA) is 110 Å². The van der Waals surface area contributed by atoms with E-state index in [9.17, 15) is 9.59 Å². The fourth-order valence-electron chi connectivity index (χ4n) is 3.16. The van der Waals surface area contributed by atoms with Crippen molar-refractivity contribution in [1.82, 2.24) is 14.9 Å². The molecule has 2 heterocycles. The number of anilines is 2. The molecule has 0 unspecified atom stereocenters. The number of nitrogens with zero attached hydrogens (tertiary/aromatic N) is 3. The van der Waals surface area contributed by atoms with Gasteiger partial charge in [-0.05, 0) is 31.0 Å². The molecule has 0 bridgehead atoms. The number of carbonyl (C=O) groups excluding carboxylic acids is 2. The Kier molecular flexibility index (Phi) is 5.99. The number of ketones is 1. The van der Waals surface area contributed by atoms with Gasteiger partial charge in [-0.2, -0.15) is 4.98 Å². The van der Waals surface area contributed by atoms with Gasteiger partial charge in [-0.1, -0.05) is 11.6 Å². The normalized spacial score (nSPS) is 14.6. The number of piperidine rings is 1. The number of nitrogen functional groups attached to an aromatic ring is 1. The van der Waals surface area contributed by atoms with E-state index in [0.29, 0.717) is 35.4 Å². The third kappa shape index (κ3) is 4.33. The van der Waals surface area contributed by atoms with Gasteiger partial charge in [-0.25, -0.2) is 4.98 Å². The molecule has 1 aliphatic rings. The number of methoxy groups -OCH3 is 1. The van der Waals surface area contributed by atoms with Crippen molar-refractivity contribution in [2.45, 2.75) is 25.8 Å². The van der Waals surface area contributed by atoms with E-state index < -0.39 is 0 Å². The summed E-state index contributed by atoms with van der Waals surface area (Å²) in [5, 5.41) is 3.64. The van der Waals surface area contributed by atoms with Gasteiger partial charge in [0, 0.05) is 37.3 Å². The van der Waals surface area contributed by atoms with Crippen molar-refractivity contribution in [3.05, 3.63) is 40.5 Å². The van der Waals surface area contributed by atoms with E-state index in [2.05, 4.69) is 15.3 Å². The quantitative estimate of drug-likeness (QED) is 0.737. The summed E-state index contributed by atoms with van der Waals surface area (Å²) in [6, 6.07) is 4.93. The minimum Gasteiger partial charge on any atom is -0.496 e. The molecule has 0 saturated carbocycles. The first-order chi connectivity index (χ1) is 13.4. The average molecular weight is 404 g/mol. The third-order valence-corrected chi connectivity index (χ3v) is 4.98. The molecule has 3 rings (SSSR count). The Morgan fingerprint density at radius 2 is 2.00 bits per heavy atom. The molecule has 8 nitrogen and oxygen atoms in total. The van der Waals surface area contributed by atoms with E-state index in [4.69, 9.17) is 22.1 Å². The van der Waals surface area contributed by atoms with Crippen molar-refractivity contribution >= 4 is 35.1 Å². The molecule has 0 aliphatic carbocycles. The van der Waals surface area contributed by atoms with Crippen LogP contribution in [0.25, 0.3) is 0 Å². The van der Waals surface area contributed by atoms with Crippen LogP contribution in [0.4, 0.5) is 11.8 Å². The summed E-state index contributed by atoms with van der Waals surface area (Å²) in [6.45, 7) is 2.95. The van der Waals surface area contributed by atoms with Gasteiger partial charge in [0.15, 0.2) is 0 Å². The first kappa shape index (κ1) is 19.9. The highest BCUT2D eigenvalue weighted by molar-refractivity contribution is 6.31. The highest BCUT2D eigenvalue weighted by atomic mass is 35.5. The number of rotatable bonds is 5. The Hall–Kier alpha value is -2.87. The number of benzene rings is 1. The smallest absolute Gasteiger partial charge is 0.224 e. The molecule has 1 aromatic heterocycles. The summed E-state index contributed by atoms with van der Waals surface area (Å²) in [6.07, 6.45) is 2.99. The van der Waals surface area contributed by atoms with Gasteiger partial charge in [0.2, 0.25) is 17.6 Å². The molecule has 1 saturated heterocycles. The van der Waals surface area contributed by atoms with Gasteiger partial charge >= 0.3 is 0 Å². The average Bonchev–Trinajstić information content (AvgIpc) is 2.68. The zero-order chi connectivity index (χ0) is 20.3. The lowest BCUT2D eigenvalue weighted by Gasteiger charge is -2.31. The predicted molar refractivity (Wildman–Crippen MR) is 107 cm³/mol. The molecule has 3 N–H and O–H groups in total. The number of ether oxygens (including phenoxy) is 1. The molecule has 1 aromatic carbocycles. The summed E-state index contributed by atoms with van der Waals surface area (Å²) >= 11 is 6.00. The van der Waals surface area contributed by atoms with Crippen LogP contribution in [0.3, 0.4) is 0 Å². The van der Waals surface area contributed by atoms with Crippen molar-refractivity contribution in [2.24, 2.45) is 0 Å². The number of nitrogens with two attached hydrogens (primary N) is 1. The molecule has 0 radical (unpaired) electrons. The molecule has 1 amide bonds. The summed E-state index contributed by atoms with van der Waals surface area (Å²) in [5.41, 5.74) is 6.49. The maximum atomic E-state index is 12.8. The lowest BCUT2D eigenvalue weighted by molar-refractivity contribution is -0.129. The first-order valence-electron chi connectivity index (χ1n) is 8.92. The number of amides is 1. The van der Waals surface area contributed by atoms with E-state index in [1.807, 2.05) is 4.90 Å². The van der Waals surface area contributed by atoms with Crippen LogP contribution >= 0.6 is 11.6 Å². The fraction of sp³-hybridized carbons (Fsp3) is 0.368. The van der Waals surface area contributed by atoms with Crippen LogP contribution in [0.15, 0.2) is 24.4 Å². The van der Waals surface area contributed by atoms with Crippen molar-refractivity contribution < 1.29 is 14.3 Å². The highest BCUT2D eigenvalue weighted by Crippen LogP contribution is 2.27. The minimum atomic E-state index is -0.363. The Morgan fingerprint density at radius 3 is 2.61 bits per heavy atom. The number of hydrogen-bond acceptors (Lipinski definition) is 7. The van der Waals surface area contributed by atoms with E-state index in [1.165, 1.54) is 19.4 Å². The Labute approximate surface area is 168 Å². The molecular formula is C19H22ClN5O3. The van der Waals surface area contributed by atoms with Gasteiger partial charge in [-0.3, -0.25) is 9.59 Å². The molecule has 1 aliphatic heterocycles. The summed E-state index contributed by atoms with van der Waals surface area (Å²) in [7, 11) is 1.48. The van der Waals surface area contributed by atoms with Crippen LogP contribution in [-0.2, 0) is 4.79 Å². The highest BCUT2D eigenvalue weighted by Gasteiger charge is 2.23. The van der Waals surface area contributed by atoms with Crippen LogP contribution in [0.5, 0.6) is 5.75 Å². The Bertz CT molecular complexity index is 897. The number of nitrogens with one attached hydrogen (secondary N) is 1. The maximum absolute atomic E-state index is 12.8. The number of halogens is 1. The van der Waals surface area contributed by atoms with Gasteiger partial charge in [0.05, 0.1) is 18.2 Å². The largest absolute Gasteiger partial charge is 0.496 e. The monoisotopic (exact) mass is 403 g/mol. The van der Waals surface area contributed by atoms with Crippen LogP contribution < -0.4 is 15.8 Å². The van der Waals surface area contributed by atoms with Crippen LogP contribution in [0, 0.1) is 0 Å². The molecule has 1 fully saturated rings. The lowest BCUT2D eigenvalue weighted by atomic mass is 10.0. The third-order valence-electron chi connectivity index (χ3n) is 4.74. The van der Waals surface area contributed by atoms with Gasteiger partial charge in [0.25, 0.3) is 0 Å². The van der Waals surface area contributed by atoms with E-state index in [1.54, 1.807) is 19.1 Å². The van der Waals surface area contributed by atoms with E-state index in [-0.39, 0.29) is 29.1 Å². The summed E-state index contributed by atoms with van der Waals surface area (Å²) in [4.78, 5) is 34.5. The molecule has 28 heavy (non-hydrogen) atoms. The second kappa shape index (κ2) is 8.43. The first-order valence-corrected chi connectivity index (χ1v) is 9.29. The second-order valence-corrected chi connectivity index (χ2v) is 7.03. The van der Waals surface area contributed by atoms with Crippen molar-refractivity contribution in [1.29, 1.82) is 0 Å². The maximum Gasteiger partial charge on any atom is 0.224 e. The number of hydrogen-bond donors (Lipinski definition) is 2. The number of likely N-dealkylation sites (tertiary alicyclic amines) is 1.